The van der Waals surface area contributed by atoms with Crippen LogP contribution in [0.5, 0.6) is 11.5 Å². The molecule has 7 heteroatoms. The van der Waals surface area contributed by atoms with Crippen molar-refractivity contribution in [3.8, 4) is 11.5 Å². The number of benzene rings is 3. The Morgan fingerprint density at radius 3 is 1.82 bits per heavy atom. The molecule has 0 saturated heterocycles. The lowest BCUT2D eigenvalue weighted by Gasteiger charge is -2.10. The predicted octanol–water partition coefficient (Wildman–Crippen LogP) is 6.05. The Labute approximate surface area is 164 Å². The van der Waals surface area contributed by atoms with E-state index < -0.39 is 6.36 Å². The molecule has 3 rings (SSSR count). The number of rotatable bonds is 6. The minimum Gasteiger partial charge on any atom is -0.489 e. The van der Waals surface area contributed by atoms with E-state index in [2.05, 4.69) is 4.74 Å². The first-order valence-corrected chi connectivity index (χ1v) is 8.56. The third-order valence-corrected chi connectivity index (χ3v) is 4.04. The van der Waals surface area contributed by atoms with Gasteiger partial charge >= 0.3 is 6.36 Å². The molecule has 0 N–H and O–H groups in total. The van der Waals surface area contributed by atoms with Gasteiger partial charge in [-0.2, -0.15) is 0 Å². The van der Waals surface area contributed by atoms with Gasteiger partial charge in [-0.25, -0.2) is 0 Å². The van der Waals surface area contributed by atoms with E-state index in [1.165, 1.54) is 24.3 Å². The van der Waals surface area contributed by atoms with Crippen LogP contribution in [0, 0.1) is 0 Å². The SMILES string of the molecule is O=C(c1ccc(Cl)cc1)c1ccc(OCc2ccc(OC(F)(F)F)cc2)cc1. The van der Waals surface area contributed by atoms with Gasteiger partial charge in [0.1, 0.15) is 18.1 Å². The van der Waals surface area contributed by atoms with Crippen LogP contribution in [0.3, 0.4) is 0 Å². The zero-order valence-electron chi connectivity index (χ0n) is 14.4. The summed E-state index contributed by atoms with van der Waals surface area (Å²) >= 11 is 5.82. The predicted molar refractivity (Wildman–Crippen MR) is 98.8 cm³/mol. The summed E-state index contributed by atoms with van der Waals surface area (Å²) in [6.07, 6.45) is -4.72. The van der Waals surface area contributed by atoms with E-state index in [0.717, 1.165) is 0 Å². The van der Waals surface area contributed by atoms with Crippen molar-refractivity contribution in [2.75, 3.05) is 0 Å². The molecule has 0 unspecified atom stereocenters. The van der Waals surface area contributed by atoms with Gasteiger partial charge in [-0.3, -0.25) is 4.79 Å². The lowest BCUT2D eigenvalue weighted by molar-refractivity contribution is -0.274. The van der Waals surface area contributed by atoms with Crippen molar-refractivity contribution in [1.29, 1.82) is 0 Å². The highest BCUT2D eigenvalue weighted by Gasteiger charge is 2.30. The van der Waals surface area contributed by atoms with Crippen LogP contribution in [0.2, 0.25) is 5.02 Å². The van der Waals surface area contributed by atoms with Crippen molar-refractivity contribution in [2.45, 2.75) is 13.0 Å². The van der Waals surface area contributed by atoms with Crippen molar-refractivity contribution in [3.63, 3.8) is 0 Å². The second-order valence-corrected chi connectivity index (χ2v) is 6.28. The largest absolute Gasteiger partial charge is 0.573 e. The Morgan fingerprint density at radius 1 is 0.786 bits per heavy atom. The second kappa shape index (κ2) is 8.35. The van der Waals surface area contributed by atoms with Crippen molar-refractivity contribution in [2.24, 2.45) is 0 Å². The molecule has 3 nitrogen and oxygen atoms in total. The van der Waals surface area contributed by atoms with Crippen LogP contribution < -0.4 is 9.47 Å². The average molecular weight is 407 g/mol. The lowest BCUT2D eigenvalue weighted by Crippen LogP contribution is -2.17. The van der Waals surface area contributed by atoms with Crippen molar-refractivity contribution in [1.82, 2.24) is 0 Å². The van der Waals surface area contributed by atoms with Crippen LogP contribution in [0.15, 0.2) is 72.8 Å². The standard InChI is InChI=1S/C21H14ClF3O3/c22-17-7-3-15(4-8-17)20(26)16-5-11-18(12-6-16)27-13-14-1-9-19(10-2-14)28-21(23,24)25/h1-12H,13H2. The van der Waals surface area contributed by atoms with Crippen LogP contribution in [-0.4, -0.2) is 12.1 Å². The molecule has 0 radical (unpaired) electrons. The van der Waals surface area contributed by atoms with E-state index in [-0.39, 0.29) is 18.1 Å². The molecule has 28 heavy (non-hydrogen) atoms. The lowest BCUT2D eigenvalue weighted by atomic mass is 10.0. The van der Waals surface area contributed by atoms with Gasteiger partial charge in [-0.1, -0.05) is 23.7 Å². The Bertz CT molecular complexity index is 935. The number of hydrogen-bond donors (Lipinski definition) is 0. The Kier molecular flexibility index (Phi) is 5.90. The maximum Gasteiger partial charge on any atom is 0.573 e. The maximum absolute atomic E-state index is 12.4. The summed E-state index contributed by atoms with van der Waals surface area (Å²) in [6.45, 7) is 0.163. The minimum atomic E-state index is -4.72. The van der Waals surface area contributed by atoms with Crippen molar-refractivity contribution < 1.29 is 27.4 Å². The van der Waals surface area contributed by atoms with Gasteiger partial charge in [-0.05, 0) is 66.2 Å². The first-order valence-electron chi connectivity index (χ1n) is 8.18. The summed E-state index contributed by atoms with van der Waals surface area (Å²) in [4.78, 5) is 12.4. The summed E-state index contributed by atoms with van der Waals surface area (Å²) in [5, 5.41) is 0.554. The summed E-state index contributed by atoms with van der Waals surface area (Å²) in [5.74, 6) is 0.105. The molecule has 0 aliphatic heterocycles. The van der Waals surface area contributed by atoms with E-state index in [1.54, 1.807) is 48.5 Å². The highest BCUT2D eigenvalue weighted by Crippen LogP contribution is 2.23. The monoisotopic (exact) mass is 406 g/mol. The third-order valence-electron chi connectivity index (χ3n) is 3.79. The first-order chi connectivity index (χ1) is 13.3. The van der Waals surface area contributed by atoms with Crippen molar-refractivity contribution >= 4 is 17.4 Å². The molecule has 0 atom stereocenters. The summed E-state index contributed by atoms with van der Waals surface area (Å²) < 4.78 is 45.9. The number of ketones is 1. The van der Waals surface area contributed by atoms with Gasteiger partial charge in [0.2, 0.25) is 0 Å². The van der Waals surface area contributed by atoms with E-state index in [4.69, 9.17) is 16.3 Å². The normalized spacial score (nSPS) is 11.1. The fraction of sp³-hybridized carbons (Fsp3) is 0.0952. The molecule has 0 saturated carbocycles. The van der Waals surface area contributed by atoms with Gasteiger partial charge in [0.15, 0.2) is 5.78 Å². The minimum absolute atomic E-state index is 0.136. The van der Waals surface area contributed by atoms with Crippen LogP contribution in [0.4, 0.5) is 13.2 Å². The van der Waals surface area contributed by atoms with E-state index >= 15 is 0 Å². The number of alkyl halides is 3. The number of halogens is 4. The molecule has 144 valence electrons. The fourth-order valence-corrected chi connectivity index (χ4v) is 2.55. The maximum atomic E-state index is 12.4. The number of hydrogen-bond acceptors (Lipinski definition) is 3. The van der Waals surface area contributed by atoms with Crippen LogP contribution >= 0.6 is 11.6 Å². The van der Waals surface area contributed by atoms with E-state index in [0.29, 0.717) is 27.5 Å². The topological polar surface area (TPSA) is 35.5 Å². The zero-order chi connectivity index (χ0) is 20.1. The summed E-state index contributed by atoms with van der Waals surface area (Å²) in [7, 11) is 0. The van der Waals surface area contributed by atoms with Gasteiger partial charge < -0.3 is 9.47 Å². The van der Waals surface area contributed by atoms with E-state index in [9.17, 15) is 18.0 Å². The molecular weight excluding hydrogens is 393 g/mol. The molecule has 0 heterocycles. The molecule has 0 aliphatic rings. The second-order valence-electron chi connectivity index (χ2n) is 5.84. The molecule has 0 aromatic heterocycles. The molecule has 3 aromatic carbocycles. The number of carbonyl (C=O) groups excluding carboxylic acids is 1. The highest BCUT2D eigenvalue weighted by atomic mass is 35.5. The molecule has 0 amide bonds. The molecule has 0 fully saturated rings. The van der Waals surface area contributed by atoms with Gasteiger partial charge in [-0.15, -0.1) is 13.2 Å². The summed E-state index contributed by atoms with van der Waals surface area (Å²) in [5.41, 5.74) is 1.71. The zero-order valence-corrected chi connectivity index (χ0v) is 15.1. The highest BCUT2D eigenvalue weighted by molar-refractivity contribution is 6.30. The molecule has 0 spiro atoms. The smallest absolute Gasteiger partial charge is 0.489 e. The molecule has 0 bridgehead atoms. The number of ether oxygens (including phenoxy) is 2. The molecule has 3 aromatic rings. The van der Waals surface area contributed by atoms with Crippen LogP contribution in [0.1, 0.15) is 21.5 Å². The van der Waals surface area contributed by atoms with E-state index in [1.807, 2.05) is 0 Å². The number of carbonyl (C=O) groups is 1. The molecule has 0 aliphatic carbocycles. The van der Waals surface area contributed by atoms with Crippen LogP contribution in [-0.2, 0) is 6.61 Å². The van der Waals surface area contributed by atoms with Crippen molar-refractivity contribution in [3.05, 3.63) is 94.5 Å². The fourth-order valence-electron chi connectivity index (χ4n) is 2.42. The third kappa shape index (κ3) is 5.50. The van der Waals surface area contributed by atoms with Gasteiger partial charge in [0, 0.05) is 16.1 Å². The van der Waals surface area contributed by atoms with Gasteiger partial charge in [0.25, 0.3) is 0 Å². The average Bonchev–Trinajstić information content (AvgIpc) is 2.67. The Balaban J connectivity index is 1.58. The quantitative estimate of drug-likeness (QED) is 0.467. The molecular formula is C21H14ClF3O3. The van der Waals surface area contributed by atoms with Gasteiger partial charge in [0.05, 0.1) is 0 Å². The first kappa shape index (κ1) is 19.8. The summed E-state index contributed by atoms with van der Waals surface area (Å²) in [6, 6.07) is 18.6. The Hall–Kier alpha value is -2.99. The Morgan fingerprint density at radius 2 is 1.29 bits per heavy atom. The van der Waals surface area contributed by atoms with Crippen LogP contribution in [0.25, 0.3) is 0 Å².